The largest absolute Gasteiger partial charge is 0.481 e. The lowest BCUT2D eigenvalue weighted by Crippen LogP contribution is -2.19. The minimum atomic E-state index is -0.809. The highest BCUT2D eigenvalue weighted by Gasteiger charge is 2.19. The quantitative estimate of drug-likeness (QED) is 0.911. The summed E-state index contributed by atoms with van der Waals surface area (Å²) >= 11 is 6.07. The summed E-state index contributed by atoms with van der Waals surface area (Å²) in [4.78, 5) is 15.3. The molecule has 98 valence electrons. The number of rotatable bonds is 5. The Bertz CT molecular complexity index is 557. The fourth-order valence-electron chi connectivity index (χ4n) is 1.98. The van der Waals surface area contributed by atoms with Gasteiger partial charge in [-0.2, -0.15) is 0 Å². The number of aliphatic carboxylic acids is 1. The molecule has 0 aliphatic heterocycles. The number of carbonyl (C=O) groups is 1. The van der Waals surface area contributed by atoms with Gasteiger partial charge in [0.25, 0.3) is 0 Å². The molecule has 0 saturated carbocycles. The van der Waals surface area contributed by atoms with Crippen molar-refractivity contribution < 1.29 is 9.90 Å². The van der Waals surface area contributed by atoms with Crippen molar-refractivity contribution in [3.8, 4) is 0 Å². The fraction of sp³-hybridized carbons (Fsp3) is 0.200. The molecule has 0 bridgehead atoms. The zero-order chi connectivity index (χ0) is 13.7. The van der Waals surface area contributed by atoms with Gasteiger partial charge in [-0.3, -0.25) is 9.78 Å². The molecule has 1 N–H and O–H groups in total. The van der Waals surface area contributed by atoms with Crippen LogP contribution in [-0.2, 0) is 17.6 Å². The molecule has 1 heterocycles. The van der Waals surface area contributed by atoms with E-state index in [1.165, 1.54) is 0 Å². The predicted octanol–water partition coefficient (Wildman–Crippen LogP) is 3.22. The number of benzene rings is 1. The molecule has 19 heavy (non-hydrogen) atoms. The van der Waals surface area contributed by atoms with Gasteiger partial charge in [-0.1, -0.05) is 29.8 Å². The second-order valence-corrected chi connectivity index (χ2v) is 4.80. The summed E-state index contributed by atoms with van der Waals surface area (Å²) in [6, 6.07) is 11.0. The standard InChI is InChI=1S/C15H14ClNO2/c16-14-4-2-1-3-12(14)10-13(15(18)19)9-11-5-7-17-8-6-11/h1-8,13H,9-10H2,(H,18,19). The Hall–Kier alpha value is -1.87. The van der Waals surface area contributed by atoms with Crippen LogP contribution in [0.15, 0.2) is 48.8 Å². The second-order valence-electron chi connectivity index (χ2n) is 4.39. The summed E-state index contributed by atoms with van der Waals surface area (Å²) < 4.78 is 0. The Morgan fingerprint density at radius 2 is 1.84 bits per heavy atom. The van der Waals surface area contributed by atoms with Gasteiger partial charge in [0.15, 0.2) is 0 Å². The zero-order valence-corrected chi connectivity index (χ0v) is 11.0. The normalized spacial score (nSPS) is 12.1. The smallest absolute Gasteiger partial charge is 0.307 e. The van der Waals surface area contributed by atoms with Gasteiger partial charge in [0.2, 0.25) is 0 Å². The zero-order valence-electron chi connectivity index (χ0n) is 10.3. The molecule has 0 fully saturated rings. The fourth-order valence-corrected chi connectivity index (χ4v) is 2.19. The third-order valence-electron chi connectivity index (χ3n) is 3.00. The van der Waals surface area contributed by atoms with Crippen molar-refractivity contribution in [2.75, 3.05) is 0 Å². The van der Waals surface area contributed by atoms with Crippen LogP contribution in [0.3, 0.4) is 0 Å². The van der Waals surface area contributed by atoms with E-state index in [-0.39, 0.29) is 0 Å². The molecule has 1 unspecified atom stereocenters. The summed E-state index contributed by atoms with van der Waals surface area (Å²) in [5, 5.41) is 9.94. The minimum Gasteiger partial charge on any atom is -0.481 e. The van der Waals surface area contributed by atoms with Gasteiger partial charge in [0.05, 0.1) is 5.92 Å². The van der Waals surface area contributed by atoms with Crippen LogP contribution in [0.4, 0.5) is 0 Å². The minimum absolute atomic E-state index is 0.428. The highest BCUT2D eigenvalue weighted by molar-refractivity contribution is 6.31. The predicted molar refractivity (Wildman–Crippen MR) is 74.2 cm³/mol. The van der Waals surface area contributed by atoms with Gasteiger partial charge in [0, 0.05) is 17.4 Å². The van der Waals surface area contributed by atoms with E-state index in [0.717, 1.165) is 11.1 Å². The monoisotopic (exact) mass is 275 g/mol. The summed E-state index contributed by atoms with van der Waals surface area (Å²) in [7, 11) is 0. The lowest BCUT2D eigenvalue weighted by atomic mass is 9.93. The van der Waals surface area contributed by atoms with Crippen LogP contribution in [0.25, 0.3) is 0 Å². The van der Waals surface area contributed by atoms with E-state index in [9.17, 15) is 9.90 Å². The third-order valence-corrected chi connectivity index (χ3v) is 3.37. The molecule has 1 aromatic heterocycles. The van der Waals surface area contributed by atoms with Crippen LogP contribution >= 0.6 is 11.6 Å². The van der Waals surface area contributed by atoms with Gasteiger partial charge in [-0.05, 0) is 42.2 Å². The topological polar surface area (TPSA) is 50.2 Å². The molecule has 0 saturated heterocycles. The van der Waals surface area contributed by atoms with Gasteiger partial charge in [-0.25, -0.2) is 0 Å². The highest BCUT2D eigenvalue weighted by atomic mass is 35.5. The molecule has 2 rings (SSSR count). The van der Waals surface area contributed by atoms with Gasteiger partial charge >= 0.3 is 5.97 Å². The summed E-state index contributed by atoms with van der Waals surface area (Å²) in [6.07, 6.45) is 4.24. The van der Waals surface area contributed by atoms with Crippen molar-refractivity contribution in [2.45, 2.75) is 12.8 Å². The van der Waals surface area contributed by atoms with E-state index in [0.29, 0.717) is 17.9 Å². The summed E-state index contributed by atoms with van der Waals surface area (Å²) in [6.45, 7) is 0. The molecule has 4 heteroatoms. The van der Waals surface area contributed by atoms with Crippen LogP contribution < -0.4 is 0 Å². The van der Waals surface area contributed by atoms with Crippen LogP contribution in [-0.4, -0.2) is 16.1 Å². The number of aromatic nitrogens is 1. The first-order valence-electron chi connectivity index (χ1n) is 6.02. The van der Waals surface area contributed by atoms with E-state index in [2.05, 4.69) is 4.98 Å². The molecule has 0 radical (unpaired) electrons. The molecule has 0 amide bonds. The third kappa shape index (κ3) is 3.80. The van der Waals surface area contributed by atoms with E-state index in [1.807, 2.05) is 30.3 Å². The average Bonchev–Trinajstić information content (AvgIpc) is 2.41. The van der Waals surface area contributed by atoms with Crippen molar-refractivity contribution in [3.05, 3.63) is 64.9 Å². The maximum absolute atomic E-state index is 11.4. The number of halogens is 1. The van der Waals surface area contributed by atoms with Crippen molar-refractivity contribution in [3.63, 3.8) is 0 Å². The van der Waals surface area contributed by atoms with Gasteiger partial charge in [-0.15, -0.1) is 0 Å². The van der Waals surface area contributed by atoms with Crippen molar-refractivity contribution in [2.24, 2.45) is 5.92 Å². The molecule has 3 nitrogen and oxygen atoms in total. The lowest BCUT2D eigenvalue weighted by molar-refractivity contribution is -0.141. The number of hydrogen-bond acceptors (Lipinski definition) is 2. The Balaban J connectivity index is 2.13. The summed E-state index contributed by atoms with van der Waals surface area (Å²) in [5.74, 6) is -1.29. The molecular formula is C15H14ClNO2. The van der Waals surface area contributed by atoms with E-state index in [4.69, 9.17) is 11.6 Å². The Morgan fingerprint density at radius 1 is 1.16 bits per heavy atom. The van der Waals surface area contributed by atoms with Crippen LogP contribution in [0.1, 0.15) is 11.1 Å². The van der Waals surface area contributed by atoms with E-state index in [1.54, 1.807) is 18.5 Å². The number of pyridine rings is 1. The van der Waals surface area contributed by atoms with E-state index < -0.39 is 11.9 Å². The van der Waals surface area contributed by atoms with Gasteiger partial charge in [0.1, 0.15) is 0 Å². The molecule has 0 aliphatic carbocycles. The second kappa shape index (κ2) is 6.34. The Kier molecular flexibility index (Phi) is 4.53. The maximum Gasteiger partial charge on any atom is 0.307 e. The molecule has 0 spiro atoms. The molecular weight excluding hydrogens is 262 g/mol. The number of carboxylic acids is 1. The Morgan fingerprint density at radius 3 is 2.47 bits per heavy atom. The first-order chi connectivity index (χ1) is 9.16. The lowest BCUT2D eigenvalue weighted by Gasteiger charge is -2.13. The van der Waals surface area contributed by atoms with E-state index >= 15 is 0 Å². The van der Waals surface area contributed by atoms with Gasteiger partial charge < -0.3 is 5.11 Å². The van der Waals surface area contributed by atoms with Crippen molar-refractivity contribution in [1.82, 2.24) is 4.98 Å². The highest BCUT2D eigenvalue weighted by Crippen LogP contribution is 2.21. The maximum atomic E-state index is 11.4. The average molecular weight is 276 g/mol. The molecule has 1 aromatic carbocycles. The van der Waals surface area contributed by atoms with Crippen molar-refractivity contribution in [1.29, 1.82) is 0 Å². The number of hydrogen-bond donors (Lipinski definition) is 1. The Labute approximate surface area is 116 Å². The SMILES string of the molecule is O=C(O)C(Cc1ccncc1)Cc1ccccc1Cl. The van der Waals surface area contributed by atoms with Crippen molar-refractivity contribution >= 4 is 17.6 Å². The van der Waals surface area contributed by atoms with Crippen LogP contribution in [0.5, 0.6) is 0 Å². The first-order valence-corrected chi connectivity index (χ1v) is 6.39. The van der Waals surface area contributed by atoms with Crippen LogP contribution in [0.2, 0.25) is 5.02 Å². The molecule has 1 atom stereocenters. The first kappa shape index (κ1) is 13.6. The number of nitrogens with zero attached hydrogens (tertiary/aromatic N) is 1. The molecule has 0 aliphatic rings. The molecule has 2 aromatic rings. The summed E-state index contributed by atoms with van der Waals surface area (Å²) in [5.41, 5.74) is 1.83. The van der Waals surface area contributed by atoms with Crippen LogP contribution in [0, 0.1) is 5.92 Å². The number of carboxylic acid groups (broad SMARTS) is 1.